The van der Waals surface area contributed by atoms with E-state index in [0.29, 0.717) is 34.1 Å². The average Bonchev–Trinajstić information content (AvgIpc) is 2.97. The fourth-order valence-corrected chi connectivity index (χ4v) is 6.44. The number of nitrogens with zero attached hydrogens (tertiary/aromatic N) is 2. The molecule has 10 heteroatoms. The zero-order chi connectivity index (χ0) is 31.0. The molecular formula is C32H39Cl2N3O4S. The molecule has 0 unspecified atom stereocenters. The smallest absolute Gasteiger partial charge is 0.264 e. The van der Waals surface area contributed by atoms with Gasteiger partial charge in [0.25, 0.3) is 10.0 Å². The van der Waals surface area contributed by atoms with E-state index in [4.69, 9.17) is 23.2 Å². The predicted molar refractivity (Wildman–Crippen MR) is 170 cm³/mol. The second-order valence-electron chi connectivity index (χ2n) is 10.5. The largest absolute Gasteiger partial charge is 0.352 e. The Morgan fingerprint density at radius 1 is 0.833 bits per heavy atom. The van der Waals surface area contributed by atoms with Crippen LogP contribution in [0.1, 0.15) is 64.5 Å². The van der Waals surface area contributed by atoms with Crippen LogP contribution in [-0.2, 0) is 26.2 Å². The maximum absolute atomic E-state index is 14.2. The SMILES string of the molecule is CC[C@H](C(=O)N[C@@H](C)CC)N(Cc1c(Cl)cccc1Cl)C(=O)CN(c1ccc(C(C)C)cc1)S(=O)(=O)c1ccccc1. The van der Waals surface area contributed by atoms with Crippen molar-refractivity contribution in [3.8, 4) is 0 Å². The summed E-state index contributed by atoms with van der Waals surface area (Å²) in [5, 5.41) is 3.64. The molecule has 42 heavy (non-hydrogen) atoms. The highest BCUT2D eigenvalue weighted by atomic mass is 35.5. The topological polar surface area (TPSA) is 86.8 Å². The van der Waals surface area contributed by atoms with Crippen LogP contribution in [0, 0.1) is 0 Å². The molecule has 7 nitrogen and oxygen atoms in total. The number of rotatable bonds is 13. The lowest BCUT2D eigenvalue weighted by Crippen LogP contribution is -2.53. The molecule has 0 aromatic heterocycles. The molecule has 0 heterocycles. The van der Waals surface area contributed by atoms with Crippen LogP contribution < -0.4 is 9.62 Å². The Kier molecular flexibility index (Phi) is 11.9. The van der Waals surface area contributed by atoms with E-state index in [2.05, 4.69) is 5.32 Å². The van der Waals surface area contributed by atoms with Gasteiger partial charge in [-0.3, -0.25) is 13.9 Å². The lowest BCUT2D eigenvalue weighted by Gasteiger charge is -2.34. The van der Waals surface area contributed by atoms with Crippen LogP contribution >= 0.6 is 23.2 Å². The van der Waals surface area contributed by atoms with Gasteiger partial charge in [0.2, 0.25) is 11.8 Å². The van der Waals surface area contributed by atoms with Crippen molar-refractivity contribution >= 4 is 50.7 Å². The predicted octanol–water partition coefficient (Wildman–Crippen LogP) is 7.03. The van der Waals surface area contributed by atoms with Gasteiger partial charge < -0.3 is 10.2 Å². The van der Waals surface area contributed by atoms with Gasteiger partial charge in [0.05, 0.1) is 10.6 Å². The Morgan fingerprint density at radius 3 is 1.95 bits per heavy atom. The first-order valence-corrected chi connectivity index (χ1v) is 16.3. The van der Waals surface area contributed by atoms with Crippen LogP contribution in [0.25, 0.3) is 0 Å². The molecule has 0 fully saturated rings. The fourth-order valence-electron chi connectivity index (χ4n) is 4.49. The first kappa shape index (κ1) is 33.4. The molecule has 2 amide bonds. The van der Waals surface area contributed by atoms with Crippen LogP contribution in [0.5, 0.6) is 0 Å². The normalized spacial score (nSPS) is 13.0. The van der Waals surface area contributed by atoms with Crippen LogP contribution in [-0.4, -0.2) is 43.8 Å². The molecule has 0 spiro atoms. The number of anilines is 1. The van der Waals surface area contributed by atoms with Crippen LogP contribution in [0.2, 0.25) is 10.0 Å². The van der Waals surface area contributed by atoms with Crippen molar-refractivity contribution in [3.05, 3.63) is 94.0 Å². The minimum atomic E-state index is -4.15. The molecule has 0 aliphatic rings. The van der Waals surface area contributed by atoms with E-state index in [-0.39, 0.29) is 29.3 Å². The zero-order valence-electron chi connectivity index (χ0n) is 24.7. The van der Waals surface area contributed by atoms with Gasteiger partial charge in [0.1, 0.15) is 12.6 Å². The van der Waals surface area contributed by atoms with E-state index in [1.165, 1.54) is 17.0 Å². The Hall–Kier alpha value is -3.07. The zero-order valence-corrected chi connectivity index (χ0v) is 27.0. The monoisotopic (exact) mass is 631 g/mol. The maximum Gasteiger partial charge on any atom is 0.264 e. The van der Waals surface area contributed by atoms with Gasteiger partial charge >= 0.3 is 0 Å². The van der Waals surface area contributed by atoms with Gasteiger partial charge in [-0.25, -0.2) is 8.42 Å². The Balaban J connectivity index is 2.10. The van der Waals surface area contributed by atoms with Crippen molar-refractivity contribution < 1.29 is 18.0 Å². The lowest BCUT2D eigenvalue weighted by atomic mass is 10.0. The molecule has 226 valence electrons. The van der Waals surface area contributed by atoms with Crippen molar-refractivity contribution in [2.75, 3.05) is 10.8 Å². The second-order valence-corrected chi connectivity index (χ2v) is 13.2. The molecule has 0 saturated carbocycles. The summed E-state index contributed by atoms with van der Waals surface area (Å²) in [5.41, 5.74) is 1.84. The molecule has 0 radical (unpaired) electrons. The average molecular weight is 633 g/mol. The molecule has 3 aromatic carbocycles. The van der Waals surface area contributed by atoms with Crippen LogP contribution in [0.4, 0.5) is 5.69 Å². The van der Waals surface area contributed by atoms with Crippen LogP contribution in [0.15, 0.2) is 77.7 Å². The van der Waals surface area contributed by atoms with Gasteiger partial charge in [-0.1, -0.05) is 87.3 Å². The van der Waals surface area contributed by atoms with Gasteiger partial charge in [0, 0.05) is 28.2 Å². The number of sulfonamides is 1. The fraction of sp³-hybridized carbons (Fsp3) is 0.375. The molecule has 1 N–H and O–H groups in total. The number of benzene rings is 3. The first-order chi connectivity index (χ1) is 19.9. The van der Waals surface area contributed by atoms with Crippen molar-refractivity contribution in [1.82, 2.24) is 10.2 Å². The summed E-state index contributed by atoms with van der Waals surface area (Å²) in [7, 11) is -4.15. The van der Waals surface area contributed by atoms with E-state index < -0.39 is 28.5 Å². The highest BCUT2D eigenvalue weighted by Crippen LogP contribution is 2.29. The summed E-state index contributed by atoms with van der Waals surface area (Å²) in [6, 6.07) is 19.1. The maximum atomic E-state index is 14.2. The number of amides is 2. The molecule has 0 aliphatic carbocycles. The molecular weight excluding hydrogens is 593 g/mol. The van der Waals surface area contributed by atoms with Gasteiger partial charge in [-0.2, -0.15) is 0 Å². The minimum absolute atomic E-state index is 0.0491. The van der Waals surface area contributed by atoms with E-state index in [1.807, 2.05) is 39.8 Å². The van der Waals surface area contributed by atoms with E-state index in [0.717, 1.165) is 9.87 Å². The molecule has 0 saturated heterocycles. The van der Waals surface area contributed by atoms with E-state index >= 15 is 0 Å². The van der Waals surface area contributed by atoms with Gasteiger partial charge in [-0.05, 0) is 67.6 Å². The van der Waals surface area contributed by atoms with Gasteiger partial charge in [0.15, 0.2) is 0 Å². The highest BCUT2D eigenvalue weighted by Gasteiger charge is 2.34. The van der Waals surface area contributed by atoms with Crippen molar-refractivity contribution in [3.63, 3.8) is 0 Å². The number of halogens is 2. The summed E-state index contributed by atoms with van der Waals surface area (Å²) in [5.74, 6) is -0.656. The Bertz CT molecular complexity index is 1440. The van der Waals surface area contributed by atoms with Crippen molar-refractivity contribution in [2.45, 2.75) is 76.9 Å². The standard InChI is InChI=1S/C32H39Cl2N3O4S/c1-6-23(5)35-32(39)30(7-2)36(20-27-28(33)14-11-15-29(27)34)31(38)21-37(25-18-16-24(17-19-25)22(3)4)42(40,41)26-12-9-8-10-13-26/h8-19,22-23,30H,6-7,20-21H2,1-5H3,(H,35,39)/t23-,30+/m0/s1. The van der Waals surface area contributed by atoms with Gasteiger partial charge in [-0.15, -0.1) is 0 Å². The van der Waals surface area contributed by atoms with Crippen molar-refractivity contribution in [2.24, 2.45) is 0 Å². The lowest BCUT2D eigenvalue weighted by molar-refractivity contribution is -0.140. The van der Waals surface area contributed by atoms with Crippen molar-refractivity contribution in [1.29, 1.82) is 0 Å². The number of carbonyl (C=O) groups excluding carboxylic acids is 2. The summed E-state index contributed by atoms with van der Waals surface area (Å²) in [4.78, 5) is 29.1. The highest BCUT2D eigenvalue weighted by molar-refractivity contribution is 7.92. The third kappa shape index (κ3) is 8.06. The van der Waals surface area contributed by atoms with Crippen LogP contribution in [0.3, 0.4) is 0 Å². The number of hydrogen-bond acceptors (Lipinski definition) is 4. The summed E-state index contributed by atoms with van der Waals surface area (Å²) < 4.78 is 29.0. The third-order valence-corrected chi connectivity index (χ3v) is 9.73. The molecule has 3 aromatic rings. The first-order valence-electron chi connectivity index (χ1n) is 14.1. The number of hydrogen-bond donors (Lipinski definition) is 1. The number of nitrogens with one attached hydrogen (secondary N) is 1. The Labute approximate surface area is 259 Å². The quantitative estimate of drug-likeness (QED) is 0.219. The Morgan fingerprint density at radius 2 is 1.43 bits per heavy atom. The van der Waals surface area contributed by atoms with E-state index in [1.54, 1.807) is 55.5 Å². The molecule has 3 rings (SSSR count). The summed E-state index contributed by atoms with van der Waals surface area (Å²) >= 11 is 13.0. The summed E-state index contributed by atoms with van der Waals surface area (Å²) in [6.07, 6.45) is 1.01. The molecule has 0 bridgehead atoms. The second kappa shape index (κ2) is 14.9. The molecule has 2 atom stereocenters. The number of carbonyl (C=O) groups is 2. The third-order valence-electron chi connectivity index (χ3n) is 7.23. The molecule has 0 aliphatic heterocycles. The summed E-state index contributed by atoms with van der Waals surface area (Å²) in [6.45, 7) is 9.13. The minimum Gasteiger partial charge on any atom is -0.352 e. The van der Waals surface area contributed by atoms with E-state index in [9.17, 15) is 18.0 Å².